The van der Waals surface area contributed by atoms with E-state index < -0.39 is 12.0 Å². The van der Waals surface area contributed by atoms with Crippen LogP contribution in [0.3, 0.4) is 0 Å². The van der Waals surface area contributed by atoms with E-state index in [1.165, 1.54) is 5.56 Å². The molecule has 2 fully saturated rings. The van der Waals surface area contributed by atoms with Crippen LogP contribution in [0.25, 0.3) is 0 Å². The Morgan fingerprint density at radius 3 is 2.32 bits per heavy atom. The molecule has 208 valence electrons. The number of hydrogen-bond acceptors (Lipinski definition) is 7. The highest BCUT2D eigenvalue weighted by Crippen LogP contribution is 2.32. The largest absolute Gasteiger partial charge is 0.492 e. The standard InChI is InChI=1S/C25H32F3N7O2.H2O/c1-18(36)33-14-12-32(13-15-33)16-17-37-21-4-2-19(3-5-21)20-8-10-34(11-9-20)23-7-6-22-29-30-24(25(26,27)28)35(22)31-23;/h2-5,20H,6-17H2,1H3;1H2. The Morgan fingerprint density at radius 1 is 1.00 bits per heavy atom. The first-order valence-corrected chi connectivity index (χ1v) is 12.8. The molecule has 5 rings (SSSR count). The van der Waals surface area contributed by atoms with Gasteiger partial charge in [0.1, 0.15) is 18.2 Å². The van der Waals surface area contributed by atoms with Crippen LogP contribution >= 0.6 is 0 Å². The second-order valence-corrected chi connectivity index (χ2v) is 9.79. The van der Waals surface area contributed by atoms with E-state index in [1.54, 1.807) is 6.92 Å². The summed E-state index contributed by atoms with van der Waals surface area (Å²) in [6.07, 6.45) is -1.79. The van der Waals surface area contributed by atoms with Gasteiger partial charge >= 0.3 is 6.18 Å². The summed E-state index contributed by atoms with van der Waals surface area (Å²) in [6, 6.07) is 8.23. The van der Waals surface area contributed by atoms with Gasteiger partial charge in [0.2, 0.25) is 5.91 Å². The SMILES string of the molecule is CC(=O)N1CCN(CCOc2ccc(C3CCN(C4=Nn5c(nnc5C(F)(F)F)CC4)CC3)cc2)CC1.O. The van der Waals surface area contributed by atoms with Crippen molar-refractivity contribution in [3.05, 3.63) is 41.5 Å². The highest BCUT2D eigenvalue weighted by atomic mass is 19.4. The predicted octanol–water partition coefficient (Wildman–Crippen LogP) is 2.00. The summed E-state index contributed by atoms with van der Waals surface area (Å²) in [5.74, 6) is 1.22. The van der Waals surface area contributed by atoms with Crippen LogP contribution in [-0.2, 0) is 17.4 Å². The minimum absolute atomic E-state index is 0. The van der Waals surface area contributed by atoms with Crippen molar-refractivity contribution in [2.75, 3.05) is 52.4 Å². The number of piperazine rings is 1. The van der Waals surface area contributed by atoms with E-state index in [0.29, 0.717) is 31.2 Å². The lowest BCUT2D eigenvalue weighted by molar-refractivity contribution is -0.147. The lowest BCUT2D eigenvalue weighted by Crippen LogP contribution is -2.48. The molecule has 0 saturated carbocycles. The molecule has 0 bridgehead atoms. The van der Waals surface area contributed by atoms with E-state index in [1.807, 2.05) is 17.0 Å². The number of likely N-dealkylation sites (tertiary alicyclic amines) is 1. The van der Waals surface area contributed by atoms with Gasteiger partial charge in [-0.25, -0.2) is 0 Å². The number of halogens is 3. The number of amidine groups is 1. The minimum atomic E-state index is -4.58. The molecular formula is C25H34F3N7O3. The quantitative estimate of drug-likeness (QED) is 0.577. The van der Waals surface area contributed by atoms with Crippen molar-refractivity contribution in [1.82, 2.24) is 29.6 Å². The van der Waals surface area contributed by atoms with Crippen molar-refractivity contribution in [3.8, 4) is 5.75 Å². The first-order valence-electron chi connectivity index (χ1n) is 12.8. The molecule has 13 heteroatoms. The molecule has 4 heterocycles. The number of carbonyl (C=O) groups is 1. The molecule has 38 heavy (non-hydrogen) atoms. The van der Waals surface area contributed by atoms with E-state index in [4.69, 9.17) is 4.74 Å². The molecule has 0 radical (unpaired) electrons. The van der Waals surface area contributed by atoms with Gasteiger partial charge in [-0.05, 0) is 36.5 Å². The fourth-order valence-electron chi connectivity index (χ4n) is 5.25. The van der Waals surface area contributed by atoms with Crippen molar-refractivity contribution in [2.45, 2.75) is 44.7 Å². The summed E-state index contributed by atoms with van der Waals surface area (Å²) >= 11 is 0. The number of rotatable bonds is 5. The zero-order valence-electron chi connectivity index (χ0n) is 21.5. The van der Waals surface area contributed by atoms with Crippen LogP contribution in [0.15, 0.2) is 29.4 Å². The van der Waals surface area contributed by atoms with Crippen molar-refractivity contribution in [2.24, 2.45) is 5.10 Å². The van der Waals surface area contributed by atoms with Crippen LogP contribution in [-0.4, -0.2) is 99.2 Å². The Balaban J connectivity index is 0.00000336. The molecule has 3 aliphatic rings. The van der Waals surface area contributed by atoms with Gasteiger partial charge in [0.15, 0.2) is 5.82 Å². The van der Waals surface area contributed by atoms with Crippen LogP contribution in [0.1, 0.15) is 49.3 Å². The number of benzene rings is 1. The maximum absolute atomic E-state index is 13.2. The number of piperidine rings is 1. The normalized spacial score (nSPS) is 19.0. The lowest BCUT2D eigenvalue weighted by atomic mass is 9.89. The maximum atomic E-state index is 13.2. The second-order valence-electron chi connectivity index (χ2n) is 9.79. The van der Waals surface area contributed by atoms with Gasteiger partial charge in [-0.15, -0.1) is 10.2 Å². The van der Waals surface area contributed by atoms with Gasteiger partial charge in [-0.2, -0.15) is 22.9 Å². The summed E-state index contributed by atoms with van der Waals surface area (Å²) < 4.78 is 46.4. The molecule has 2 aromatic rings. The first kappa shape index (κ1) is 27.8. The maximum Gasteiger partial charge on any atom is 0.453 e. The Hall–Kier alpha value is -3.19. The average molecular weight is 538 g/mol. The Kier molecular flexibility index (Phi) is 8.56. The van der Waals surface area contributed by atoms with Crippen molar-refractivity contribution in [3.63, 3.8) is 0 Å². The molecule has 0 atom stereocenters. The number of hydrogen-bond donors (Lipinski definition) is 0. The Morgan fingerprint density at radius 2 is 1.68 bits per heavy atom. The Bertz CT molecular complexity index is 1120. The van der Waals surface area contributed by atoms with E-state index >= 15 is 0 Å². The number of aryl methyl sites for hydroxylation is 1. The molecule has 1 amide bonds. The van der Waals surface area contributed by atoms with Crippen LogP contribution in [0.5, 0.6) is 5.75 Å². The number of alkyl halides is 3. The third-order valence-corrected chi connectivity index (χ3v) is 7.45. The summed E-state index contributed by atoms with van der Waals surface area (Å²) in [5, 5.41) is 11.2. The summed E-state index contributed by atoms with van der Waals surface area (Å²) in [4.78, 5) is 17.7. The molecule has 10 nitrogen and oxygen atoms in total. The topological polar surface area (TPSA) is 111 Å². The molecule has 2 N–H and O–H groups in total. The van der Waals surface area contributed by atoms with Gasteiger partial charge in [-0.1, -0.05) is 12.1 Å². The van der Waals surface area contributed by atoms with E-state index in [-0.39, 0.29) is 17.2 Å². The van der Waals surface area contributed by atoms with Crippen molar-refractivity contribution < 1.29 is 28.2 Å². The van der Waals surface area contributed by atoms with Crippen LogP contribution < -0.4 is 4.74 Å². The summed E-state index contributed by atoms with van der Waals surface area (Å²) in [5.41, 5.74) is 1.25. The van der Waals surface area contributed by atoms with Gasteiger partial charge < -0.3 is 20.0 Å². The number of nitrogens with zero attached hydrogens (tertiary/aromatic N) is 7. The number of aromatic nitrogens is 3. The third kappa shape index (κ3) is 6.26. The molecule has 1 aromatic heterocycles. The molecule has 0 unspecified atom stereocenters. The number of fused-ring (bicyclic) bond motifs is 1. The zero-order chi connectivity index (χ0) is 26.0. The molecule has 2 saturated heterocycles. The molecule has 3 aliphatic heterocycles. The first-order chi connectivity index (χ1) is 17.8. The van der Waals surface area contributed by atoms with E-state index in [0.717, 1.165) is 69.1 Å². The highest BCUT2D eigenvalue weighted by molar-refractivity contribution is 5.83. The number of ether oxygens (including phenoxy) is 1. The fraction of sp³-hybridized carbons (Fsp3) is 0.600. The monoisotopic (exact) mass is 537 g/mol. The van der Waals surface area contributed by atoms with Gasteiger partial charge in [-0.3, -0.25) is 9.69 Å². The molecule has 0 aliphatic carbocycles. The third-order valence-electron chi connectivity index (χ3n) is 7.45. The van der Waals surface area contributed by atoms with E-state index in [9.17, 15) is 18.0 Å². The molecule has 0 spiro atoms. The summed E-state index contributed by atoms with van der Waals surface area (Å²) in [6.45, 7) is 7.82. The van der Waals surface area contributed by atoms with Crippen LogP contribution in [0.4, 0.5) is 13.2 Å². The minimum Gasteiger partial charge on any atom is -0.492 e. The average Bonchev–Trinajstić information content (AvgIpc) is 3.34. The number of amides is 1. The van der Waals surface area contributed by atoms with Crippen molar-refractivity contribution in [1.29, 1.82) is 0 Å². The smallest absolute Gasteiger partial charge is 0.453 e. The van der Waals surface area contributed by atoms with Gasteiger partial charge in [0, 0.05) is 65.6 Å². The van der Waals surface area contributed by atoms with Crippen LogP contribution in [0.2, 0.25) is 0 Å². The lowest BCUT2D eigenvalue weighted by Gasteiger charge is -2.35. The Labute approximate surface area is 219 Å². The van der Waals surface area contributed by atoms with Gasteiger partial charge in [0.25, 0.3) is 5.82 Å². The fourth-order valence-corrected chi connectivity index (χ4v) is 5.25. The van der Waals surface area contributed by atoms with Crippen molar-refractivity contribution >= 4 is 11.7 Å². The predicted molar refractivity (Wildman–Crippen MR) is 134 cm³/mol. The summed E-state index contributed by atoms with van der Waals surface area (Å²) in [7, 11) is 0. The van der Waals surface area contributed by atoms with E-state index in [2.05, 4.69) is 37.2 Å². The zero-order valence-corrected chi connectivity index (χ0v) is 21.5. The number of carbonyl (C=O) groups excluding carboxylic acids is 1. The molecular weight excluding hydrogens is 503 g/mol. The molecule has 1 aromatic carbocycles. The van der Waals surface area contributed by atoms with Crippen LogP contribution in [0, 0.1) is 0 Å². The highest BCUT2D eigenvalue weighted by Gasteiger charge is 2.40. The second kappa shape index (κ2) is 11.7. The van der Waals surface area contributed by atoms with Gasteiger partial charge in [0.05, 0.1) is 0 Å².